The van der Waals surface area contributed by atoms with Crippen molar-refractivity contribution < 1.29 is 18.7 Å². The van der Waals surface area contributed by atoms with Gasteiger partial charge in [0, 0.05) is 12.6 Å². The first kappa shape index (κ1) is 15.0. The van der Waals surface area contributed by atoms with E-state index in [4.69, 9.17) is 0 Å². The van der Waals surface area contributed by atoms with Crippen LogP contribution in [0.2, 0.25) is 0 Å². The molecule has 3 nitrogen and oxygen atoms in total. The van der Waals surface area contributed by atoms with Crippen LogP contribution in [0.25, 0.3) is 0 Å². The number of aryl methyl sites for hydroxylation is 1. The SMILES string of the molecule is Cc1cccc(C(=O)NCCc2cc(F)cc(F)c2)c1O. The van der Waals surface area contributed by atoms with Gasteiger partial charge in [0.05, 0.1) is 5.56 Å². The normalized spacial score (nSPS) is 10.4. The van der Waals surface area contributed by atoms with Crippen LogP contribution in [0.3, 0.4) is 0 Å². The van der Waals surface area contributed by atoms with E-state index in [0.29, 0.717) is 17.5 Å². The van der Waals surface area contributed by atoms with E-state index in [1.807, 2.05) is 0 Å². The van der Waals surface area contributed by atoms with Crippen LogP contribution in [0.4, 0.5) is 8.78 Å². The van der Waals surface area contributed by atoms with Gasteiger partial charge in [0.15, 0.2) is 0 Å². The maximum Gasteiger partial charge on any atom is 0.255 e. The Hall–Kier alpha value is -2.43. The lowest BCUT2D eigenvalue weighted by atomic mass is 10.1. The van der Waals surface area contributed by atoms with Crippen molar-refractivity contribution in [2.24, 2.45) is 0 Å². The number of para-hydroxylation sites is 1. The van der Waals surface area contributed by atoms with Crippen molar-refractivity contribution in [3.63, 3.8) is 0 Å². The predicted molar refractivity (Wildman–Crippen MR) is 75.2 cm³/mol. The molecule has 0 heterocycles. The van der Waals surface area contributed by atoms with Gasteiger partial charge in [0.1, 0.15) is 17.4 Å². The molecule has 0 aromatic heterocycles. The van der Waals surface area contributed by atoms with Gasteiger partial charge in [0.2, 0.25) is 0 Å². The van der Waals surface area contributed by atoms with Gasteiger partial charge < -0.3 is 10.4 Å². The summed E-state index contributed by atoms with van der Waals surface area (Å²) in [5.41, 5.74) is 1.25. The lowest BCUT2D eigenvalue weighted by Crippen LogP contribution is -2.25. The predicted octanol–water partition coefficient (Wildman–Crippen LogP) is 2.95. The quantitative estimate of drug-likeness (QED) is 0.910. The summed E-state index contributed by atoms with van der Waals surface area (Å²) < 4.78 is 26.0. The van der Waals surface area contributed by atoms with E-state index in [1.165, 1.54) is 18.2 Å². The first-order valence-corrected chi connectivity index (χ1v) is 6.49. The van der Waals surface area contributed by atoms with Crippen LogP contribution in [-0.4, -0.2) is 17.6 Å². The molecule has 0 saturated carbocycles. The maximum atomic E-state index is 13.0. The zero-order chi connectivity index (χ0) is 15.4. The van der Waals surface area contributed by atoms with E-state index in [1.54, 1.807) is 19.1 Å². The molecule has 2 aromatic carbocycles. The van der Waals surface area contributed by atoms with E-state index in [2.05, 4.69) is 5.32 Å². The topological polar surface area (TPSA) is 49.3 Å². The third-order valence-electron chi connectivity index (χ3n) is 3.10. The number of rotatable bonds is 4. The molecule has 0 fully saturated rings. The molecule has 0 saturated heterocycles. The van der Waals surface area contributed by atoms with E-state index in [0.717, 1.165) is 6.07 Å². The fraction of sp³-hybridized carbons (Fsp3) is 0.188. The van der Waals surface area contributed by atoms with Gasteiger partial charge in [-0.15, -0.1) is 0 Å². The number of amides is 1. The van der Waals surface area contributed by atoms with Gasteiger partial charge >= 0.3 is 0 Å². The highest BCUT2D eigenvalue weighted by molar-refractivity contribution is 5.97. The molecular formula is C16H15F2NO2. The molecule has 0 bridgehead atoms. The van der Waals surface area contributed by atoms with Crippen LogP contribution in [0.15, 0.2) is 36.4 Å². The minimum Gasteiger partial charge on any atom is -0.507 e. The number of benzene rings is 2. The Labute approximate surface area is 121 Å². The summed E-state index contributed by atoms with van der Waals surface area (Å²) in [6.07, 6.45) is 0.299. The fourth-order valence-corrected chi connectivity index (χ4v) is 2.01. The van der Waals surface area contributed by atoms with Crippen molar-refractivity contribution in [2.75, 3.05) is 6.54 Å². The van der Waals surface area contributed by atoms with Gasteiger partial charge in [-0.25, -0.2) is 8.78 Å². The Bertz CT molecular complexity index is 651. The van der Waals surface area contributed by atoms with Gasteiger partial charge in [-0.1, -0.05) is 12.1 Å². The van der Waals surface area contributed by atoms with E-state index < -0.39 is 17.5 Å². The summed E-state index contributed by atoms with van der Waals surface area (Å²) in [5, 5.41) is 12.4. The molecule has 110 valence electrons. The molecule has 0 aliphatic rings. The molecule has 5 heteroatoms. The summed E-state index contributed by atoms with van der Waals surface area (Å²) in [7, 11) is 0. The Balaban J connectivity index is 1.97. The highest BCUT2D eigenvalue weighted by Gasteiger charge is 2.11. The van der Waals surface area contributed by atoms with Gasteiger partial charge in [0.25, 0.3) is 5.91 Å². The van der Waals surface area contributed by atoms with Crippen LogP contribution in [-0.2, 0) is 6.42 Å². The Kier molecular flexibility index (Phi) is 4.52. The molecule has 2 N–H and O–H groups in total. The van der Waals surface area contributed by atoms with Gasteiger partial charge in [-0.2, -0.15) is 0 Å². The number of nitrogens with one attached hydrogen (secondary N) is 1. The molecule has 0 radical (unpaired) electrons. The number of carbonyl (C=O) groups is 1. The lowest BCUT2D eigenvalue weighted by Gasteiger charge is -2.08. The molecule has 0 atom stereocenters. The third-order valence-corrected chi connectivity index (χ3v) is 3.10. The lowest BCUT2D eigenvalue weighted by molar-refractivity contribution is 0.0951. The van der Waals surface area contributed by atoms with Crippen molar-refractivity contribution >= 4 is 5.91 Å². The molecule has 2 rings (SSSR count). The van der Waals surface area contributed by atoms with Crippen LogP contribution in [0, 0.1) is 18.6 Å². The standard InChI is InChI=1S/C16H15F2NO2/c1-10-3-2-4-14(15(10)20)16(21)19-6-5-11-7-12(17)9-13(18)8-11/h2-4,7-9,20H,5-6H2,1H3,(H,19,21). The van der Waals surface area contributed by atoms with E-state index >= 15 is 0 Å². The van der Waals surface area contributed by atoms with Crippen molar-refractivity contribution in [3.05, 3.63) is 64.7 Å². The summed E-state index contributed by atoms with van der Waals surface area (Å²) in [4.78, 5) is 11.9. The van der Waals surface area contributed by atoms with Crippen molar-refractivity contribution in [1.82, 2.24) is 5.32 Å². The highest BCUT2D eigenvalue weighted by Crippen LogP contribution is 2.21. The van der Waals surface area contributed by atoms with Crippen molar-refractivity contribution in [2.45, 2.75) is 13.3 Å². The van der Waals surface area contributed by atoms with E-state index in [9.17, 15) is 18.7 Å². The molecule has 1 amide bonds. The summed E-state index contributed by atoms with van der Waals surface area (Å²) in [6.45, 7) is 1.91. The minimum atomic E-state index is -0.646. The van der Waals surface area contributed by atoms with Gasteiger partial charge in [-0.3, -0.25) is 4.79 Å². The number of phenols is 1. The third kappa shape index (κ3) is 3.78. The number of hydrogen-bond donors (Lipinski definition) is 2. The van der Waals surface area contributed by atoms with Crippen molar-refractivity contribution in [3.8, 4) is 5.75 Å². The fourth-order valence-electron chi connectivity index (χ4n) is 2.01. The Morgan fingerprint density at radius 1 is 1.19 bits per heavy atom. The monoisotopic (exact) mass is 291 g/mol. The highest BCUT2D eigenvalue weighted by atomic mass is 19.1. The second-order valence-electron chi connectivity index (χ2n) is 4.75. The van der Waals surface area contributed by atoms with Crippen LogP contribution < -0.4 is 5.32 Å². The number of aromatic hydroxyl groups is 1. The average Bonchev–Trinajstić information content (AvgIpc) is 2.40. The largest absolute Gasteiger partial charge is 0.507 e. The molecule has 0 unspecified atom stereocenters. The van der Waals surface area contributed by atoms with Crippen LogP contribution in [0.5, 0.6) is 5.75 Å². The first-order chi connectivity index (χ1) is 9.97. The van der Waals surface area contributed by atoms with Gasteiger partial charge in [-0.05, 0) is 42.7 Å². The average molecular weight is 291 g/mol. The second-order valence-corrected chi connectivity index (χ2v) is 4.75. The zero-order valence-electron chi connectivity index (χ0n) is 11.5. The van der Waals surface area contributed by atoms with Crippen LogP contribution in [0.1, 0.15) is 21.5 Å². The second kappa shape index (κ2) is 6.35. The molecular weight excluding hydrogens is 276 g/mol. The molecule has 0 spiro atoms. The summed E-state index contributed by atoms with van der Waals surface area (Å²) in [6, 6.07) is 8.12. The van der Waals surface area contributed by atoms with Crippen molar-refractivity contribution in [1.29, 1.82) is 0 Å². The number of phenolic OH excluding ortho intramolecular Hbond substituents is 1. The summed E-state index contributed by atoms with van der Waals surface area (Å²) in [5.74, 6) is -1.78. The minimum absolute atomic E-state index is 0.0631. The number of carbonyl (C=O) groups excluding carboxylic acids is 1. The van der Waals surface area contributed by atoms with E-state index in [-0.39, 0.29) is 17.9 Å². The zero-order valence-corrected chi connectivity index (χ0v) is 11.5. The Morgan fingerprint density at radius 2 is 1.86 bits per heavy atom. The number of halogens is 2. The number of hydrogen-bond acceptors (Lipinski definition) is 2. The molecule has 0 aliphatic carbocycles. The first-order valence-electron chi connectivity index (χ1n) is 6.49. The smallest absolute Gasteiger partial charge is 0.255 e. The maximum absolute atomic E-state index is 13.0. The molecule has 21 heavy (non-hydrogen) atoms. The molecule has 0 aliphatic heterocycles. The Morgan fingerprint density at radius 3 is 2.52 bits per heavy atom. The molecule has 2 aromatic rings. The summed E-state index contributed by atoms with van der Waals surface area (Å²) >= 11 is 0. The van der Waals surface area contributed by atoms with Crippen LogP contribution >= 0.6 is 0 Å².